The molecule has 0 saturated heterocycles. The fourth-order valence-electron chi connectivity index (χ4n) is 1.78. The van der Waals surface area contributed by atoms with Gasteiger partial charge in [-0.25, -0.2) is 0 Å². The van der Waals surface area contributed by atoms with Crippen LogP contribution in [0.5, 0.6) is 5.75 Å². The second-order valence-electron chi connectivity index (χ2n) is 4.24. The molecule has 0 spiro atoms. The van der Waals surface area contributed by atoms with Crippen LogP contribution in [-0.4, -0.2) is 5.11 Å². The number of para-hydroxylation sites is 1. The number of nitriles is 1. The molecule has 2 aromatic carbocycles. The molecule has 0 radical (unpaired) electrons. The van der Waals surface area contributed by atoms with Crippen LogP contribution in [0.15, 0.2) is 40.9 Å². The highest BCUT2D eigenvalue weighted by molar-refractivity contribution is 9.10. The first-order valence-corrected chi connectivity index (χ1v) is 6.62. The Morgan fingerprint density at radius 3 is 2.84 bits per heavy atom. The molecule has 0 atom stereocenters. The van der Waals surface area contributed by atoms with Gasteiger partial charge in [-0.2, -0.15) is 5.26 Å². The standard InChI is InChI=1S/C15H13BrN2O/c1-10-5-6-11(8-17)7-14(10)18-9-12-3-2-4-13(16)15(12)19/h2-7,18-19H,9H2,1H3. The Labute approximate surface area is 120 Å². The van der Waals surface area contributed by atoms with Gasteiger partial charge in [0, 0.05) is 17.8 Å². The number of halogens is 1. The summed E-state index contributed by atoms with van der Waals surface area (Å²) in [6, 6.07) is 13.1. The van der Waals surface area contributed by atoms with Gasteiger partial charge in [0.25, 0.3) is 0 Å². The normalized spacial score (nSPS) is 9.95. The fraction of sp³-hybridized carbons (Fsp3) is 0.133. The smallest absolute Gasteiger partial charge is 0.134 e. The lowest BCUT2D eigenvalue weighted by Crippen LogP contribution is -2.01. The van der Waals surface area contributed by atoms with E-state index in [-0.39, 0.29) is 5.75 Å². The Morgan fingerprint density at radius 2 is 2.11 bits per heavy atom. The molecule has 0 amide bonds. The number of phenolic OH excluding ortho intramolecular Hbond substituents is 1. The molecule has 2 aromatic rings. The summed E-state index contributed by atoms with van der Waals surface area (Å²) in [6.07, 6.45) is 0. The summed E-state index contributed by atoms with van der Waals surface area (Å²) < 4.78 is 0.675. The van der Waals surface area contributed by atoms with Gasteiger partial charge in [-0.1, -0.05) is 18.2 Å². The number of hydrogen-bond donors (Lipinski definition) is 2. The summed E-state index contributed by atoms with van der Waals surface area (Å²) in [5.41, 5.74) is 3.38. The minimum Gasteiger partial charge on any atom is -0.506 e. The molecule has 0 unspecified atom stereocenters. The van der Waals surface area contributed by atoms with Gasteiger partial charge in [-0.15, -0.1) is 0 Å². The van der Waals surface area contributed by atoms with E-state index in [4.69, 9.17) is 5.26 Å². The molecule has 0 bridgehead atoms. The summed E-state index contributed by atoms with van der Waals surface area (Å²) in [6.45, 7) is 2.48. The van der Waals surface area contributed by atoms with Crippen LogP contribution in [0.2, 0.25) is 0 Å². The molecule has 19 heavy (non-hydrogen) atoms. The summed E-state index contributed by atoms with van der Waals surface area (Å²) in [4.78, 5) is 0. The predicted molar refractivity (Wildman–Crippen MR) is 79.0 cm³/mol. The minimum absolute atomic E-state index is 0.240. The van der Waals surface area contributed by atoms with Crippen molar-refractivity contribution in [3.8, 4) is 11.8 Å². The van der Waals surface area contributed by atoms with Gasteiger partial charge in [0.1, 0.15) is 5.75 Å². The van der Waals surface area contributed by atoms with E-state index in [2.05, 4.69) is 27.3 Å². The number of anilines is 1. The maximum atomic E-state index is 9.91. The Morgan fingerprint density at radius 1 is 1.32 bits per heavy atom. The molecular formula is C15H13BrN2O. The Hall–Kier alpha value is -1.99. The number of hydrogen-bond acceptors (Lipinski definition) is 3. The summed E-state index contributed by atoms with van der Waals surface area (Å²) >= 11 is 3.29. The Balaban J connectivity index is 2.19. The first-order chi connectivity index (χ1) is 9.11. The largest absolute Gasteiger partial charge is 0.506 e. The summed E-state index contributed by atoms with van der Waals surface area (Å²) in [5, 5.41) is 22.0. The average Bonchev–Trinajstić information content (AvgIpc) is 2.42. The van der Waals surface area contributed by atoms with Crippen molar-refractivity contribution in [3.05, 3.63) is 57.6 Å². The molecule has 0 aliphatic rings. The number of phenols is 1. The SMILES string of the molecule is Cc1ccc(C#N)cc1NCc1cccc(Br)c1O. The van der Waals surface area contributed by atoms with Crippen molar-refractivity contribution in [2.75, 3.05) is 5.32 Å². The van der Waals surface area contributed by atoms with Crippen molar-refractivity contribution in [1.82, 2.24) is 0 Å². The molecule has 2 rings (SSSR count). The first-order valence-electron chi connectivity index (χ1n) is 5.83. The van der Waals surface area contributed by atoms with E-state index in [1.54, 1.807) is 12.1 Å². The van der Waals surface area contributed by atoms with E-state index < -0.39 is 0 Å². The molecule has 4 heteroatoms. The number of aryl methyl sites for hydroxylation is 1. The Kier molecular flexibility index (Phi) is 4.08. The van der Waals surface area contributed by atoms with Gasteiger partial charge < -0.3 is 10.4 Å². The monoisotopic (exact) mass is 316 g/mol. The summed E-state index contributed by atoms with van der Waals surface area (Å²) in [7, 11) is 0. The van der Waals surface area contributed by atoms with Crippen molar-refractivity contribution >= 4 is 21.6 Å². The quantitative estimate of drug-likeness (QED) is 0.901. The van der Waals surface area contributed by atoms with Crippen molar-refractivity contribution in [2.45, 2.75) is 13.5 Å². The van der Waals surface area contributed by atoms with Gasteiger partial charge in [0.15, 0.2) is 0 Å². The van der Waals surface area contributed by atoms with Crippen LogP contribution >= 0.6 is 15.9 Å². The number of nitrogens with one attached hydrogen (secondary N) is 1. The highest BCUT2D eigenvalue weighted by atomic mass is 79.9. The predicted octanol–water partition coefficient (Wildman–Crippen LogP) is 3.95. The van der Waals surface area contributed by atoms with Gasteiger partial charge in [0.05, 0.1) is 16.1 Å². The molecular weight excluding hydrogens is 304 g/mol. The zero-order valence-corrected chi connectivity index (χ0v) is 12.0. The molecule has 0 aliphatic carbocycles. The van der Waals surface area contributed by atoms with E-state index in [9.17, 15) is 5.11 Å². The van der Waals surface area contributed by atoms with Crippen LogP contribution < -0.4 is 5.32 Å². The third-order valence-electron chi connectivity index (χ3n) is 2.91. The van der Waals surface area contributed by atoms with Gasteiger partial charge in [0.2, 0.25) is 0 Å². The van der Waals surface area contributed by atoms with Gasteiger partial charge in [-0.3, -0.25) is 0 Å². The molecule has 0 heterocycles. The number of benzene rings is 2. The van der Waals surface area contributed by atoms with Crippen LogP contribution in [0.4, 0.5) is 5.69 Å². The molecule has 96 valence electrons. The van der Waals surface area contributed by atoms with Gasteiger partial charge in [-0.05, 0) is 46.6 Å². The molecule has 0 fully saturated rings. The van der Waals surface area contributed by atoms with E-state index in [1.807, 2.05) is 31.2 Å². The number of rotatable bonds is 3. The fourth-order valence-corrected chi connectivity index (χ4v) is 2.18. The highest BCUT2D eigenvalue weighted by Crippen LogP contribution is 2.28. The van der Waals surface area contributed by atoms with Crippen molar-refractivity contribution in [3.63, 3.8) is 0 Å². The lowest BCUT2D eigenvalue weighted by molar-refractivity contribution is 0.465. The zero-order valence-electron chi connectivity index (χ0n) is 10.4. The number of nitrogens with zero attached hydrogens (tertiary/aromatic N) is 1. The molecule has 3 nitrogen and oxygen atoms in total. The van der Waals surface area contributed by atoms with Crippen molar-refractivity contribution in [1.29, 1.82) is 5.26 Å². The molecule has 0 saturated carbocycles. The molecule has 2 N–H and O–H groups in total. The van der Waals surface area contributed by atoms with E-state index in [0.29, 0.717) is 16.6 Å². The zero-order chi connectivity index (χ0) is 13.8. The molecule has 0 aromatic heterocycles. The maximum Gasteiger partial charge on any atom is 0.134 e. The van der Waals surface area contributed by atoms with E-state index >= 15 is 0 Å². The topological polar surface area (TPSA) is 56.0 Å². The third-order valence-corrected chi connectivity index (χ3v) is 3.55. The second kappa shape index (κ2) is 5.77. The number of aromatic hydroxyl groups is 1. The lowest BCUT2D eigenvalue weighted by atomic mass is 10.1. The van der Waals surface area contributed by atoms with Gasteiger partial charge >= 0.3 is 0 Å². The summed E-state index contributed by atoms with van der Waals surface area (Å²) in [5.74, 6) is 0.240. The Bertz CT molecular complexity index is 647. The van der Waals surface area contributed by atoms with Crippen molar-refractivity contribution in [2.24, 2.45) is 0 Å². The molecule has 0 aliphatic heterocycles. The third kappa shape index (κ3) is 3.07. The van der Waals surface area contributed by atoms with Crippen LogP contribution in [0.25, 0.3) is 0 Å². The second-order valence-corrected chi connectivity index (χ2v) is 5.10. The highest BCUT2D eigenvalue weighted by Gasteiger charge is 2.05. The average molecular weight is 317 g/mol. The lowest BCUT2D eigenvalue weighted by Gasteiger charge is -2.11. The van der Waals surface area contributed by atoms with Crippen molar-refractivity contribution < 1.29 is 5.11 Å². The first kappa shape index (κ1) is 13.4. The van der Waals surface area contributed by atoms with Crippen LogP contribution in [0, 0.1) is 18.3 Å². The van der Waals surface area contributed by atoms with E-state index in [1.165, 1.54) is 0 Å². The van der Waals surface area contributed by atoms with Crippen LogP contribution in [-0.2, 0) is 6.54 Å². The van der Waals surface area contributed by atoms with E-state index in [0.717, 1.165) is 16.8 Å². The van der Waals surface area contributed by atoms with Crippen LogP contribution in [0.1, 0.15) is 16.7 Å². The maximum absolute atomic E-state index is 9.91. The minimum atomic E-state index is 0.240. The van der Waals surface area contributed by atoms with Crippen LogP contribution in [0.3, 0.4) is 0 Å².